The van der Waals surface area contributed by atoms with Crippen molar-refractivity contribution in [2.24, 2.45) is 7.05 Å². The van der Waals surface area contributed by atoms with Crippen LogP contribution < -0.4 is 10.1 Å². The number of para-hydroxylation sites is 1. The number of benzene rings is 1. The molecule has 4 heterocycles. The van der Waals surface area contributed by atoms with Crippen LogP contribution in [0.15, 0.2) is 53.4 Å². The van der Waals surface area contributed by atoms with E-state index in [1.165, 1.54) is 0 Å². The van der Waals surface area contributed by atoms with Crippen LogP contribution in [-0.2, 0) is 20.2 Å². The van der Waals surface area contributed by atoms with Crippen LogP contribution in [0.5, 0.6) is 5.75 Å². The zero-order chi connectivity index (χ0) is 24.5. The molecule has 0 unspecified atom stereocenters. The Balaban J connectivity index is 1.45. The molecule has 0 aliphatic carbocycles. The van der Waals surface area contributed by atoms with Gasteiger partial charge in [0.1, 0.15) is 29.3 Å². The number of hydrogen-bond donors (Lipinski definition) is 1. The number of nitrogens with zero attached hydrogens (tertiary/aromatic N) is 5. The van der Waals surface area contributed by atoms with E-state index < -0.39 is 0 Å². The number of halogens is 1. The van der Waals surface area contributed by atoms with Gasteiger partial charge in [-0.15, -0.1) is 0 Å². The molecule has 4 aromatic heterocycles. The summed E-state index contributed by atoms with van der Waals surface area (Å²) in [7, 11) is 1.93. The number of anilines is 1. The van der Waals surface area contributed by atoms with Crippen molar-refractivity contribution in [1.29, 1.82) is 0 Å². The zero-order valence-electron chi connectivity index (χ0n) is 20.0. The molecule has 8 nitrogen and oxygen atoms in total. The molecule has 1 aromatic carbocycles. The maximum Gasteiger partial charge on any atom is 0.157 e. The van der Waals surface area contributed by atoms with Crippen LogP contribution in [0.2, 0.25) is 5.02 Å². The summed E-state index contributed by atoms with van der Waals surface area (Å²) in [5.74, 6) is 1.42. The van der Waals surface area contributed by atoms with E-state index >= 15 is 0 Å². The summed E-state index contributed by atoms with van der Waals surface area (Å²) >= 11 is 6.55. The molecule has 9 heteroatoms. The monoisotopic (exact) mass is 488 g/mol. The fourth-order valence-electron chi connectivity index (χ4n) is 4.20. The highest BCUT2D eigenvalue weighted by Gasteiger charge is 2.16. The Morgan fingerprint density at radius 1 is 1.14 bits per heavy atom. The lowest BCUT2D eigenvalue weighted by atomic mass is 10.0. The molecule has 0 atom stereocenters. The molecule has 0 amide bonds. The van der Waals surface area contributed by atoms with Crippen LogP contribution in [0.3, 0.4) is 0 Å². The lowest BCUT2D eigenvalue weighted by molar-refractivity contribution is 0.308. The highest BCUT2D eigenvalue weighted by molar-refractivity contribution is 6.31. The summed E-state index contributed by atoms with van der Waals surface area (Å²) in [4.78, 5) is 9.06. The van der Waals surface area contributed by atoms with Gasteiger partial charge >= 0.3 is 0 Å². The van der Waals surface area contributed by atoms with Crippen LogP contribution in [0, 0.1) is 20.8 Å². The molecule has 0 saturated heterocycles. The lowest BCUT2D eigenvalue weighted by Crippen LogP contribution is -2.08. The molecule has 0 aliphatic rings. The van der Waals surface area contributed by atoms with Crippen molar-refractivity contribution >= 4 is 28.2 Å². The number of hydrogen-bond acceptors (Lipinski definition) is 7. The molecular weight excluding hydrogens is 464 g/mol. The topological polar surface area (TPSA) is 90.9 Å². The lowest BCUT2D eigenvalue weighted by Gasteiger charge is -2.15. The molecule has 0 fully saturated rings. The van der Waals surface area contributed by atoms with E-state index in [9.17, 15) is 0 Å². The minimum Gasteiger partial charge on any atom is -0.487 e. The second-order valence-electron chi connectivity index (χ2n) is 8.40. The number of ether oxygens (including phenoxy) is 1. The van der Waals surface area contributed by atoms with Gasteiger partial charge in [0.2, 0.25) is 0 Å². The van der Waals surface area contributed by atoms with Gasteiger partial charge in [0.15, 0.2) is 5.76 Å². The SMILES string of the molecule is Cc1cc(-c2ccnn2C)c2cccc(OCc3c(Cl)cncc3CNc3c(C)noc3C)c2n1. The fourth-order valence-corrected chi connectivity index (χ4v) is 4.43. The number of nitrogens with one attached hydrogen (secondary N) is 1. The molecule has 0 radical (unpaired) electrons. The average Bonchev–Trinajstić information content (AvgIpc) is 3.41. The second-order valence-corrected chi connectivity index (χ2v) is 8.81. The first-order chi connectivity index (χ1) is 16.9. The minimum absolute atomic E-state index is 0.274. The van der Waals surface area contributed by atoms with Gasteiger partial charge in [-0.2, -0.15) is 5.10 Å². The number of aryl methyl sites for hydroxylation is 4. The van der Waals surface area contributed by atoms with Crippen LogP contribution >= 0.6 is 11.6 Å². The highest BCUT2D eigenvalue weighted by atomic mass is 35.5. The molecule has 0 aliphatic heterocycles. The normalized spacial score (nSPS) is 11.2. The predicted molar refractivity (Wildman–Crippen MR) is 136 cm³/mol. The van der Waals surface area contributed by atoms with Crippen LogP contribution in [-0.4, -0.2) is 24.9 Å². The number of pyridine rings is 2. The summed E-state index contributed by atoms with van der Waals surface area (Å²) in [6.45, 7) is 6.53. The summed E-state index contributed by atoms with van der Waals surface area (Å²) in [6.07, 6.45) is 5.22. The standard InChI is InChI=1S/C26H25ClN6O2/c1-15-10-20(23-8-9-30-33(23)4)19-6-5-7-24(26(19)31-15)34-14-21-18(11-28-13-22(21)27)12-29-25-16(2)32-35-17(25)3/h5-11,13,29H,12,14H2,1-4H3. The van der Waals surface area contributed by atoms with Crippen molar-refractivity contribution in [2.45, 2.75) is 33.9 Å². The van der Waals surface area contributed by atoms with Gasteiger partial charge in [-0.3, -0.25) is 9.67 Å². The number of fused-ring (bicyclic) bond motifs is 1. The van der Waals surface area contributed by atoms with Gasteiger partial charge < -0.3 is 14.6 Å². The average molecular weight is 489 g/mol. The van der Waals surface area contributed by atoms with Crippen LogP contribution in [0.1, 0.15) is 28.3 Å². The maximum absolute atomic E-state index is 6.55. The number of aromatic nitrogens is 5. The quantitative estimate of drug-likeness (QED) is 0.310. The van der Waals surface area contributed by atoms with Crippen molar-refractivity contribution in [3.8, 4) is 17.0 Å². The van der Waals surface area contributed by atoms with Crippen molar-refractivity contribution < 1.29 is 9.26 Å². The molecule has 0 bridgehead atoms. The minimum atomic E-state index is 0.274. The van der Waals surface area contributed by atoms with Gasteiger partial charge in [0.05, 0.1) is 10.7 Å². The smallest absolute Gasteiger partial charge is 0.157 e. The molecular formula is C26H25ClN6O2. The molecule has 5 aromatic rings. The first-order valence-electron chi connectivity index (χ1n) is 11.2. The van der Waals surface area contributed by atoms with Gasteiger partial charge in [0, 0.05) is 54.4 Å². The largest absolute Gasteiger partial charge is 0.487 e. The Labute approximate surface area is 207 Å². The van der Waals surface area contributed by atoms with E-state index in [1.54, 1.807) is 18.6 Å². The van der Waals surface area contributed by atoms with Gasteiger partial charge in [-0.05, 0) is 44.5 Å². The molecule has 178 valence electrons. The van der Waals surface area contributed by atoms with Crippen LogP contribution in [0.25, 0.3) is 22.2 Å². The Morgan fingerprint density at radius 3 is 2.74 bits per heavy atom. The first-order valence-corrected chi connectivity index (χ1v) is 11.6. The van der Waals surface area contributed by atoms with E-state index in [4.69, 9.17) is 25.8 Å². The summed E-state index contributed by atoms with van der Waals surface area (Å²) < 4.78 is 13.4. The third kappa shape index (κ3) is 4.44. The third-order valence-electron chi connectivity index (χ3n) is 5.98. The maximum atomic E-state index is 6.55. The van der Waals surface area contributed by atoms with Crippen LogP contribution in [0.4, 0.5) is 5.69 Å². The molecule has 5 rings (SSSR count). The van der Waals surface area contributed by atoms with E-state index in [0.717, 1.165) is 56.1 Å². The predicted octanol–water partition coefficient (Wildman–Crippen LogP) is 5.79. The molecule has 35 heavy (non-hydrogen) atoms. The first kappa shape index (κ1) is 22.9. The molecule has 0 saturated carbocycles. The summed E-state index contributed by atoms with van der Waals surface area (Å²) in [5.41, 5.74) is 7.23. The Kier molecular flexibility index (Phi) is 6.13. The second kappa shape index (κ2) is 9.38. The Hall–Kier alpha value is -3.91. The fraction of sp³-hybridized carbons (Fsp3) is 0.231. The Bertz CT molecular complexity index is 1500. The van der Waals surface area contributed by atoms with E-state index in [0.29, 0.717) is 17.3 Å². The molecule has 1 N–H and O–H groups in total. The van der Waals surface area contributed by atoms with E-state index in [1.807, 2.05) is 50.7 Å². The van der Waals surface area contributed by atoms with E-state index in [2.05, 4.69) is 32.7 Å². The van der Waals surface area contributed by atoms with Crippen molar-refractivity contribution in [1.82, 2.24) is 24.9 Å². The van der Waals surface area contributed by atoms with Gasteiger partial charge in [-0.25, -0.2) is 4.98 Å². The van der Waals surface area contributed by atoms with Crippen molar-refractivity contribution in [3.05, 3.63) is 82.2 Å². The molecule has 0 spiro atoms. The number of rotatable bonds is 7. The van der Waals surface area contributed by atoms with E-state index in [-0.39, 0.29) is 6.61 Å². The zero-order valence-corrected chi connectivity index (χ0v) is 20.7. The summed E-state index contributed by atoms with van der Waals surface area (Å²) in [5, 5.41) is 13.2. The third-order valence-corrected chi connectivity index (χ3v) is 6.31. The van der Waals surface area contributed by atoms with Gasteiger partial charge in [0.25, 0.3) is 0 Å². The van der Waals surface area contributed by atoms with Gasteiger partial charge in [-0.1, -0.05) is 28.9 Å². The van der Waals surface area contributed by atoms with Crippen molar-refractivity contribution in [3.63, 3.8) is 0 Å². The highest BCUT2D eigenvalue weighted by Crippen LogP contribution is 2.34. The Morgan fingerprint density at radius 2 is 2.00 bits per heavy atom. The van der Waals surface area contributed by atoms with Crippen molar-refractivity contribution in [2.75, 3.05) is 5.32 Å². The summed E-state index contributed by atoms with van der Waals surface area (Å²) in [6, 6.07) is 10.0.